The predicted molar refractivity (Wildman–Crippen MR) is 115 cm³/mol. The number of Topliss-reactive ketones (excluding diaryl/α,β-unsaturated/α-hetero) is 1. The Morgan fingerprint density at radius 3 is 2.63 bits per heavy atom. The number of nitrogens with one attached hydrogen (secondary N) is 2. The molecule has 0 radical (unpaired) electrons. The first-order chi connectivity index (χ1) is 14.5. The van der Waals surface area contributed by atoms with E-state index in [9.17, 15) is 9.59 Å². The minimum atomic E-state index is -0.809. The first kappa shape index (κ1) is 20.0. The second-order valence-corrected chi connectivity index (χ2v) is 7.69. The summed E-state index contributed by atoms with van der Waals surface area (Å²) in [6.07, 6.45) is 0.582. The van der Waals surface area contributed by atoms with Crippen LogP contribution in [-0.2, 0) is 14.3 Å². The number of ketones is 1. The third-order valence-corrected chi connectivity index (χ3v) is 5.73. The van der Waals surface area contributed by atoms with Gasteiger partial charge in [-0.1, -0.05) is 31.2 Å². The van der Waals surface area contributed by atoms with Crippen LogP contribution in [0.5, 0.6) is 5.75 Å². The van der Waals surface area contributed by atoms with Crippen LogP contribution in [0.15, 0.2) is 59.8 Å². The van der Waals surface area contributed by atoms with E-state index in [1.807, 2.05) is 62.4 Å². The Kier molecular flexibility index (Phi) is 5.48. The van der Waals surface area contributed by atoms with E-state index >= 15 is 0 Å². The van der Waals surface area contributed by atoms with E-state index < -0.39 is 17.9 Å². The number of anilines is 2. The lowest BCUT2D eigenvalue weighted by atomic mass is 9.75. The van der Waals surface area contributed by atoms with Gasteiger partial charge in [-0.25, -0.2) is 0 Å². The zero-order valence-corrected chi connectivity index (χ0v) is 17.4. The lowest BCUT2D eigenvalue weighted by Crippen LogP contribution is -2.39. The second kappa shape index (κ2) is 8.22. The minimum Gasteiger partial charge on any atom is -0.494 e. The largest absolute Gasteiger partial charge is 0.494 e. The molecule has 0 bridgehead atoms. The van der Waals surface area contributed by atoms with Gasteiger partial charge in [0.1, 0.15) is 11.7 Å². The number of allylic oxidation sites excluding steroid dienone is 1. The second-order valence-electron chi connectivity index (χ2n) is 7.69. The van der Waals surface area contributed by atoms with E-state index in [1.165, 1.54) is 7.11 Å². The molecule has 30 heavy (non-hydrogen) atoms. The highest BCUT2D eigenvalue weighted by Crippen LogP contribution is 2.44. The first-order valence-corrected chi connectivity index (χ1v) is 10.2. The van der Waals surface area contributed by atoms with Gasteiger partial charge in [0.15, 0.2) is 5.78 Å². The molecule has 2 aromatic carbocycles. The van der Waals surface area contributed by atoms with Gasteiger partial charge in [-0.2, -0.15) is 0 Å². The Morgan fingerprint density at radius 1 is 1.13 bits per heavy atom. The fraction of sp³-hybridized carbons (Fsp3) is 0.333. The molecule has 0 saturated carbocycles. The molecule has 2 N–H and O–H groups in total. The maximum atomic E-state index is 13.6. The third-order valence-electron chi connectivity index (χ3n) is 5.73. The molecule has 0 saturated heterocycles. The first-order valence-electron chi connectivity index (χ1n) is 10.2. The maximum Gasteiger partial charge on any atom is 0.316 e. The number of carbonyl (C=O) groups is 2. The molecule has 1 aliphatic heterocycles. The Bertz CT molecular complexity index is 1010. The molecule has 6 nitrogen and oxygen atoms in total. The molecule has 156 valence electrons. The molecule has 1 aliphatic carbocycles. The summed E-state index contributed by atoms with van der Waals surface area (Å²) in [6.45, 7) is 4.41. The molecule has 0 unspecified atom stereocenters. The lowest BCUT2D eigenvalue weighted by Gasteiger charge is -2.32. The summed E-state index contributed by atoms with van der Waals surface area (Å²) in [5.41, 5.74) is 4.13. The van der Waals surface area contributed by atoms with Gasteiger partial charge in [0, 0.05) is 11.3 Å². The van der Waals surface area contributed by atoms with Crippen LogP contribution in [0.2, 0.25) is 0 Å². The quantitative estimate of drug-likeness (QED) is 0.582. The summed E-state index contributed by atoms with van der Waals surface area (Å²) < 4.78 is 10.6. The van der Waals surface area contributed by atoms with E-state index in [2.05, 4.69) is 10.6 Å². The summed E-state index contributed by atoms with van der Waals surface area (Å²) in [4.78, 5) is 26.0. The number of hydrogen-bond donors (Lipinski definition) is 2. The number of para-hydroxylation sites is 2. The van der Waals surface area contributed by atoms with Gasteiger partial charge < -0.3 is 20.1 Å². The molecule has 3 atom stereocenters. The lowest BCUT2D eigenvalue weighted by molar-refractivity contribution is -0.151. The third kappa shape index (κ3) is 3.54. The van der Waals surface area contributed by atoms with E-state index in [4.69, 9.17) is 9.47 Å². The average molecular weight is 406 g/mol. The summed E-state index contributed by atoms with van der Waals surface area (Å²) in [6, 6.07) is 15.2. The number of methoxy groups -OCH3 is 1. The summed E-state index contributed by atoms with van der Waals surface area (Å²) in [5, 5.41) is 6.97. The smallest absolute Gasteiger partial charge is 0.316 e. The van der Waals surface area contributed by atoms with Crippen LogP contribution in [0.1, 0.15) is 31.9 Å². The molecule has 2 aromatic rings. The Balaban J connectivity index is 1.85. The van der Waals surface area contributed by atoms with Crippen LogP contribution in [0.3, 0.4) is 0 Å². The standard InChI is InChI=1S/C24H26N2O4/c1-4-30-16-9-7-8-15(13-16)22-21-19(25-17-10-5-6-11-18(17)26-22)12-14(2)20(23(21)27)24(28)29-3/h5-11,13-14,20,22,25-26H,4,12H2,1-3H3/t14-,20-,22+/m0/s1. The van der Waals surface area contributed by atoms with Crippen molar-refractivity contribution in [3.63, 3.8) is 0 Å². The molecule has 1 heterocycles. The maximum absolute atomic E-state index is 13.6. The molecule has 6 heteroatoms. The normalized spacial score (nSPS) is 22.8. The average Bonchev–Trinajstić information content (AvgIpc) is 2.90. The van der Waals surface area contributed by atoms with Crippen molar-refractivity contribution in [2.24, 2.45) is 11.8 Å². The molecule has 2 aliphatic rings. The minimum absolute atomic E-state index is 0.156. The molecule has 0 amide bonds. The molecule has 0 spiro atoms. The number of hydrogen-bond acceptors (Lipinski definition) is 6. The van der Waals surface area contributed by atoms with Crippen LogP contribution in [0.4, 0.5) is 11.4 Å². The Hall–Kier alpha value is -3.28. The van der Waals surface area contributed by atoms with E-state index in [0.717, 1.165) is 28.4 Å². The highest BCUT2D eigenvalue weighted by Gasteiger charge is 2.44. The monoisotopic (exact) mass is 406 g/mol. The Morgan fingerprint density at radius 2 is 1.90 bits per heavy atom. The molecule has 0 aromatic heterocycles. The predicted octanol–water partition coefficient (Wildman–Crippen LogP) is 4.32. The van der Waals surface area contributed by atoms with Gasteiger partial charge in [-0.15, -0.1) is 0 Å². The molecular weight excluding hydrogens is 380 g/mol. The van der Waals surface area contributed by atoms with Gasteiger partial charge in [0.05, 0.1) is 31.1 Å². The number of rotatable bonds is 4. The molecule has 0 fully saturated rings. The van der Waals surface area contributed by atoms with Crippen molar-refractivity contribution in [2.45, 2.75) is 26.3 Å². The van der Waals surface area contributed by atoms with Crippen LogP contribution in [0, 0.1) is 11.8 Å². The van der Waals surface area contributed by atoms with Crippen molar-refractivity contribution in [3.8, 4) is 5.75 Å². The van der Waals surface area contributed by atoms with Gasteiger partial charge >= 0.3 is 5.97 Å². The van der Waals surface area contributed by atoms with Gasteiger partial charge in [0.2, 0.25) is 0 Å². The summed E-state index contributed by atoms with van der Waals surface area (Å²) >= 11 is 0. The fourth-order valence-electron chi connectivity index (χ4n) is 4.33. The van der Waals surface area contributed by atoms with Crippen LogP contribution < -0.4 is 15.4 Å². The van der Waals surface area contributed by atoms with Crippen LogP contribution >= 0.6 is 0 Å². The van der Waals surface area contributed by atoms with Crippen molar-refractivity contribution in [3.05, 3.63) is 65.4 Å². The van der Waals surface area contributed by atoms with Crippen molar-refractivity contribution < 1.29 is 19.1 Å². The highest BCUT2D eigenvalue weighted by molar-refractivity contribution is 6.11. The van der Waals surface area contributed by atoms with Crippen molar-refractivity contribution in [1.82, 2.24) is 0 Å². The Labute approximate surface area is 176 Å². The van der Waals surface area contributed by atoms with Gasteiger partial charge in [-0.05, 0) is 49.1 Å². The SMILES string of the molecule is CCOc1cccc([C@H]2Nc3ccccc3NC3=C2C(=O)[C@@H](C(=O)OC)[C@@H](C)C3)c1. The van der Waals surface area contributed by atoms with E-state index in [-0.39, 0.29) is 11.7 Å². The van der Waals surface area contributed by atoms with Crippen molar-refractivity contribution >= 4 is 23.1 Å². The number of ether oxygens (including phenoxy) is 2. The fourth-order valence-corrected chi connectivity index (χ4v) is 4.33. The molecule has 4 rings (SSSR count). The van der Waals surface area contributed by atoms with Crippen molar-refractivity contribution in [1.29, 1.82) is 0 Å². The number of carbonyl (C=O) groups excluding carboxylic acids is 2. The highest BCUT2D eigenvalue weighted by atomic mass is 16.5. The number of esters is 1. The number of benzene rings is 2. The van der Waals surface area contributed by atoms with Crippen LogP contribution in [-0.4, -0.2) is 25.5 Å². The topological polar surface area (TPSA) is 76.7 Å². The molecular formula is C24H26N2O4. The summed E-state index contributed by atoms with van der Waals surface area (Å²) in [5.74, 6) is -0.906. The van der Waals surface area contributed by atoms with Crippen molar-refractivity contribution in [2.75, 3.05) is 24.4 Å². The number of fused-ring (bicyclic) bond motifs is 1. The van der Waals surface area contributed by atoms with E-state index in [0.29, 0.717) is 18.6 Å². The zero-order valence-electron chi connectivity index (χ0n) is 17.4. The van der Waals surface area contributed by atoms with Crippen LogP contribution in [0.25, 0.3) is 0 Å². The zero-order chi connectivity index (χ0) is 21.3. The summed E-state index contributed by atoms with van der Waals surface area (Å²) in [7, 11) is 1.33. The van der Waals surface area contributed by atoms with Gasteiger partial charge in [-0.3, -0.25) is 9.59 Å². The van der Waals surface area contributed by atoms with Gasteiger partial charge in [0.25, 0.3) is 0 Å². The van der Waals surface area contributed by atoms with E-state index in [1.54, 1.807) is 0 Å².